The topological polar surface area (TPSA) is 89.2 Å². The van der Waals surface area contributed by atoms with Crippen LogP contribution in [0, 0.1) is 12.7 Å². The van der Waals surface area contributed by atoms with Crippen molar-refractivity contribution in [3.8, 4) is 17.2 Å². The van der Waals surface area contributed by atoms with E-state index in [0.29, 0.717) is 44.9 Å². The number of rotatable bonds is 7. The number of piperidine rings is 1. The number of hydrogen-bond acceptors (Lipinski definition) is 5. The third-order valence-electron chi connectivity index (χ3n) is 8.19. The molecule has 3 aromatic carbocycles. The molecular formula is C33H33ClFN5O2. The maximum absolute atomic E-state index is 15.2. The average Bonchev–Trinajstić information content (AvgIpc) is 3.56. The standard InChI is InChI=1S/C33H33ClFN5O2/c1-19(2)39-12-10-21(11-13-39)24-17-28-22(15-27(24)35)16-29(38-28)32(41)25-18-37-40(33(25)36)30-9-8-23(14-20(30)3)42-31-7-5-4-6-26(31)34/h4-9,14-19,21,38H,10-13,36H2,1-3H3. The van der Waals surface area contributed by atoms with Gasteiger partial charge in [-0.05, 0) is 112 Å². The Balaban J connectivity index is 1.23. The number of nitrogens with two attached hydrogens (primary N) is 1. The lowest BCUT2D eigenvalue weighted by Crippen LogP contribution is -2.38. The number of carbonyl (C=O) groups is 1. The first-order chi connectivity index (χ1) is 20.2. The lowest BCUT2D eigenvalue weighted by Gasteiger charge is -2.34. The van der Waals surface area contributed by atoms with Crippen molar-refractivity contribution in [2.75, 3.05) is 18.8 Å². The Bertz CT molecular complexity index is 1780. The molecule has 5 aromatic rings. The number of anilines is 1. The smallest absolute Gasteiger partial charge is 0.214 e. The Morgan fingerprint density at radius 3 is 2.60 bits per heavy atom. The van der Waals surface area contributed by atoms with Crippen LogP contribution in [0.25, 0.3) is 16.6 Å². The van der Waals surface area contributed by atoms with Crippen LogP contribution in [-0.4, -0.2) is 44.6 Å². The van der Waals surface area contributed by atoms with Gasteiger partial charge in [0.2, 0.25) is 5.78 Å². The number of ketones is 1. The Morgan fingerprint density at radius 2 is 1.88 bits per heavy atom. The van der Waals surface area contributed by atoms with E-state index in [9.17, 15) is 4.79 Å². The predicted octanol–water partition coefficient (Wildman–Crippen LogP) is 7.65. The van der Waals surface area contributed by atoms with E-state index >= 15 is 4.39 Å². The second-order valence-electron chi connectivity index (χ2n) is 11.2. The predicted molar refractivity (Wildman–Crippen MR) is 165 cm³/mol. The zero-order valence-corrected chi connectivity index (χ0v) is 24.6. The van der Waals surface area contributed by atoms with Crippen LogP contribution in [0.15, 0.2) is 66.9 Å². The van der Waals surface area contributed by atoms with Crippen molar-refractivity contribution in [1.29, 1.82) is 0 Å². The maximum atomic E-state index is 15.2. The van der Waals surface area contributed by atoms with Gasteiger partial charge in [0.05, 0.1) is 28.2 Å². The highest BCUT2D eigenvalue weighted by Gasteiger charge is 2.26. The van der Waals surface area contributed by atoms with Crippen LogP contribution in [0.4, 0.5) is 10.2 Å². The molecule has 1 aliphatic rings. The number of nitrogens with zero attached hydrogens (tertiary/aromatic N) is 3. The minimum Gasteiger partial charge on any atom is -0.456 e. The number of halogens is 2. The number of nitrogen functional groups attached to an aromatic ring is 1. The number of hydrogen-bond donors (Lipinski definition) is 2. The molecule has 1 aliphatic heterocycles. The molecule has 3 N–H and O–H groups in total. The van der Waals surface area contributed by atoms with Crippen LogP contribution in [0.1, 0.15) is 59.8 Å². The van der Waals surface area contributed by atoms with E-state index in [2.05, 4.69) is 28.8 Å². The largest absolute Gasteiger partial charge is 0.456 e. The van der Waals surface area contributed by atoms with Gasteiger partial charge in [0.1, 0.15) is 23.1 Å². The molecule has 7 nitrogen and oxygen atoms in total. The van der Waals surface area contributed by atoms with E-state index in [1.54, 1.807) is 24.3 Å². The second-order valence-corrected chi connectivity index (χ2v) is 11.6. The molecule has 1 saturated heterocycles. The number of likely N-dealkylation sites (tertiary alicyclic amines) is 1. The monoisotopic (exact) mass is 585 g/mol. The van der Waals surface area contributed by atoms with Crippen LogP contribution >= 0.6 is 11.6 Å². The highest BCUT2D eigenvalue weighted by molar-refractivity contribution is 6.32. The summed E-state index contributed by atoms with van der Waals surface area (Å²) in [6.45, 7) is 8.20. The summed E-state index contributed by atoms with van der Waals surface area (Å²) < 4.78 is 22.7. The summed E-state index contributed by atoms with van der Waals surface area (Å²) in [5.74, 6) is 1.00. The minimum atomic E-state index is -0.307. The molecule has 6 rings (SSSR count). The molecule has 0 aliphatic carbocycles. The van der Waals surface area contributed by atoms with Crippen molar-refractivity contribution in [3.63, 3.8) is 0 Å². The molecule has 0 radical (unpaired) electrons. The first-order valence-corrected chi connectivity index (χ1v) is 14.5. The van der Waals surface area contributed by atoms with Crippen LogP contribution in [0.5, 0.6) is 11.5 Å². The molecule has 0 bridgehead atoms. The summed E-state index contributed by atoms with van der Waals surface area (Å²) in [6, 6.07) is 18.3. The molecule has 3 heterocycles. The molecule has 0 atom stereocenters. The van der Waals surface area contributed by atoms with Crippen molar-refractivity contribution >= 4 is 34.1 Å². The summed E-state index contributed by atoms with van der Waals surface area (Å²) >= 11 is 6.23. The molecule has 216 valence electrons. The summed E-state index contributed by atoms with van der Waals surface area (Å²) in [5, 5.41) is 5.58. The number of carbonyl (C=O) groups excluding carboxylic acids is 1. The van der Waals surface area contributed by atoms with Crippen molar-refractivity contribution < 1.29 is 13.9 Å². The third-order valence-corrected chi connectivity index (χ3v) is 8.51. The SMILES string of the molecule is Cc1cc(Oc2ccccc2Cl)ccc1-n1ncc(C(=O)c2cc3cc(F)c(C4CCN(C(C)C)CC4)cc3[nH]2)c1N. The summed E-state index contributed by atoms with van der Waals surface area (Å²) in [4.78, 5) is 19.2. The Kier molecular flexibility index (Phi) is 7.51. The lowest BCUT2D eigenvalue weighted by molar-refractivity contribution is 0.103. The van der Waals surface area contributed by atoms with Gasteiger partial charge in [-0.25, -0.2) is 9.07 Å². The fourth-order valence-corrected chi connectivity index (χ4v) is 5.96. The van der Waals surface area contributed by atoms with Crippen molar-refractivity contribution in [3.05, 3.63) is 100 Å². The summed E-state index contributed by atoms with van der Waals surface area (Å²) in [6.07, 6.45) is 3.29. The quantitative estimate of drug-likeness (QED) is 0.192. The number of nitrogens with one attached hydrogen (secondary N) is 1. The first-order valence-electron chi connectivity index (χ1n) is 14.2. The number of fused-ring (bicyclic) bond motifs is 1. The van der Waals surface area contributed by atoms with Crippen LogP contribution in [0.3, 0.4) is 0 Å². The number of benzene rings is 3. The number of H-pyrrole nitrogens is 1. The number of ether oxygens (including phenoxy) is 1. The average molecular weight is 586 g/mol. The van der Waals surface area contributed by atoms with Gasteiger partial charge >= 0.3 is 0 Å². The highest BCUT2D eigenvalue weighted by atomic mass is 35.5. The molecule has 0 amide bonds. The molecule has 1 fully saturated rings. The van der Waals surface area contributed by atoms with Gasteiger partial charge in [0.25, 0.3) is 0 Å². The van der Waals surface area contributed by atoms with Gasteiger partial charge in [0, 0.05) is 16.9 Å². The number of aromatic nitrogens is 3. The molecule has 0 unspecified atom stereocenters. The lowest BCUT2D eigenvalue weighted by atomic mass is 9.88. The van der Waals surface area contributed by atoms with Gasteiger partial charge in [-0.3, -0.25) is 4.79 Å². The summed E-state index contributed by atoms with van der Waals surface area (Å²) in [5.41, 5.74) is 10.0. The summed E-state index contributed by atoms with van der Waals surface area (Å²) in [7, 11) is 0. The van der Waals surface area contributed by atoms with Crippen LogP contribution < -0.4 is 10.5 Å². The zero-order valence-electron chi connectivity index (χ0n) is 23.8. The van der Waals surface area contributed by atoms with Crippen molar-refractivity contribution in [1.82, 2.24) is 19.7 Å². The van der Waals surface area contributed by atoms with Gasteiger partial charge in [0.15, 0.2) is 0 Å². The van der Waals surface area contributed by atoms with Crippen LogP contribution in [-0.2, 0) is 0 Å². The number of aryl methyl sites for hydroxylation is 1. The molecular weight excluding hydrogens is 553 g/mol. The third kappa shape index (κ3) is 5.28. The Hall–Kier alpha value is -4.14. The molecule has 2 aromatic heterocycles. The van der Waals surface area contributed by atoms with Crippen molar-refractivity contribution in [2.24, 2.45) is 0 Å². The van der Waals surface area contributed by atoms with E-state index < -0.39 is 0 Å². The zero-order chi connectivity index (χ0) is 29.5. The van der Waals surface area contributed by atoms with Gasteiger partial charge in [-0.2, -0.15) is 5.10 Å². The molecule has 9 heteroatoms. The van der Waals surface area contributed by atoms with Gasteiger partial charge in [-0.15, -0.1) is 0 Å². The molecule has 0 spiro atoms. The molecule has 42 heavy (non-hydrogen) atoms. The normalized spacial score (nSPS) is 14.6. The van der Waals surface area contributed by atoms with E-state index in [-0.39, 0.29) is 28.9 Å². The van der Waals surface area contributed by atoms with Gasteiger partial charge < -0.3 is 20.4 Å². The minimum absolute atomic E-state index is 0.158. The fraction of sp³-hybridized carbons (Fsp3) is 0.273. The van der Waals surface area contributed by atoms with Crippen LogP contribution in [0.2, 0.25) is 5.02 Å². The first kappa shape index (κ1) is 28.0. The number of aromatic amines is 1. The fourth-order valence-electron chi connectivity index (χ4n) is 5.79. The van der Waals surface area contributed by atoms with Gasteiger partial charge in [-0.1, -0.05) is 23.7 Å². The Labute approximate surface area is 249 Å². The van der Waals surface area contributed by atoms with E-state index in [1.807, 2.05) is 37.3 Å². The van der Waals surface area contributed by atoms with E-state index in [0.717, 1.165) is 37.0 Å². The van der Waals surface area contributed by atoms with E-state index in [4.69, 9.17) is 22.1 Å². The maximum Gasteiger partial charge on any atom is 0.214 e. The van der Waals surface area contributed by atoms with Crippen molar-refractivity contribution in [2.45, 2.75) is 45.6 Å². The van der Waals surface area contributed by atoms with E-state index in [1.165, 1.54) is 16.9 Å². The second kappa shape index (κ2) is 11.3. The highest BCUT2D eigenvalue weighted by Crippen LogP contribution is 2.34. The molecule has 0 saturated carbocycles. The number of para-hydroxylation sites is 1. The Morgan fingerprint density at radius 1 is 1.12 bits per heavy atom.